The van der Waals surface area contributed by atoms with Crippen molar-refractivity contribution in [1.29, 1.82) is 0 Å². The molecule has 0 radical (unpaired) electrons. The van der Waals surface area contributed by atoms with Crippen molar-refractivity contribution >= 4 is 18.0 Å². The number of nitrogens with one attached hydrogen (secondary N) is 2. The maximum Gasteiger partial charge on any atom is 0.407 e. The molecule has 2 aromatic rings. The zero-order chi connectivity index (χ0) is 24.8. The Bertz CT molecular complexity index is 1020. The lowest BCUT2D eigenvalue weighted by atomic mass is 9.96. The van der Waals surface area contributed by atoms with Gasteiger partial charge in [0.25, 0.3) is 0 Å². The van der Waals surface area contributed by atoms with Gasteiger partial charge in [-0.05, 0) is 47.4 Å². The first-order valence-corrected chi connectivity index (χ1v) is 12.6. The number of unbranched alkanes of at least 4 members (excludes halogenated alkanes) is 1. The highest BCUT2D eigenvalue weighted by Crippen LogP contribution is 2.44. The first-order chi connectivity index (χ1) is 17.0. The normalized spacial score (nSPS) is 19.5. The molecule has 1 fully saturated rings. The van der Waals surface area contributed by atoms with Crippen molar-refractivity contribution in [2.45, 2.75) is 57.4 Å². The van der Waals surface area contributed by atoms with Crippen LogP contribution in [0.15, 0.2) is 48.5 Å². The summed E-state index contributed by atoms with van der Waals surface area (Å²) in [6, 6.07) is 15.6. The lowest BCUT2D eigenvalue weighted by molar-refractivity contribution is -0.143. The third kappa shape index (κ3) is 5.66. The summed E-state index contributed by atoms with van der Waals surface area (Å²) in [4.78, 5) is 37.0. The first-order valence-electron chi connectivity index (χ1n) is 12.6. The van der Waals surface area contributed by atoms with Gasteiger partial charge in [0, 0.05) is 12.5 Å². The molecule has 0 aromatic heterocycles. The maximum absolute atomic E-state index is 12.9. The zero-order valence-electron chi connectivity index (χ0n) is 20.2. The van der Waals surface area contributed by atoms with E-state index in [0.29, 0.717) is 19.4 Å². The van der Waals surface area contributed by atoms with E-state index in [0.717, 1.165) is 47.9 Å². The van der Waals surface area contributed by atoms with Gasteiger partial charge >= 0.3 is 12.1 Å². The van der Waals surface area contributed by atoms with Crippen LogP contribution in [-0.4, -0.2) is 42.3 Å². The van der Waals surface area contributed by atoms with E-state index in [2.05, 4.69) is 34.9 Å². The van der Waals surface area contributed by atoms with Gasteiger partial charge in [0.2, 0.25) is 5.91 Å². The fourth-order valence-electron chi connectivity index (χ4n) is 5.42. The summed E-state index contributed by atoms with van der Waals surface area (Å²) >= 11 is 0. The van der Waals surface area contributed by atoms with Gasteiger partial charge < -0.3 is 20.5 Å². The number of aliphatic carboxylic acids is 1. The van der Waals surface area contributed by atoms with Crippen molar-refractivity contribution in [2.24, 2.45) is 11.8 Å². The highest BCUT2D eigenvalue weighted by atomic mass is 16.5. The summed E-state index contributed by atoms with van der Waals surface area (Å²) < 4.78 is 5.62. The van der Waals surface area contributed by atoms with E-state index in [9.17, 15) is 19.5 Å². The average molecular weight is 479 g/mol. The Labute approximate surface area is 206 Å². The van der Waals surface area contributed by atoms with Crippen LogP contribution < -0.4 is 10.6 Å². The Morgan fingerprint density at radius 1 is 1.03 bits per heavy atom. The Morgan fingerprint density at radius 2 is 1.69 bits per heavy atom. The molecule has 7 nitrogen and oxygen atoms in total. The third-order valence-corrected chi connectivity index (χ3v) is 7.31. The second kappa shape index (κ2) is 11.4. The van der Waals surface area contributed by atoms with Crippen LogP contribution in [0.4, 0.5) is 4.79 Å². The number of carboxylic acids is 1. The minimum absolute atomic E-state index is 0.0496. The Hall–Kier alpha value is -3.35. The molecule has 0 aliphatic heterocycles. The van der Waals surface area contributed by atoms with Gasteiger partial charge in [-0.25, -0.2) is 4.79 Å². The van der Waals surface area contributed by atoms with Crippen molar-refractivity contribution < 1.29 is 24.2 Å². The van der Waals surface area contributed by atoms with Crippen molar-refractivity contribution in [3.63, 3.8) is 0 Å². The Balaban J connectivity index is 1.35. The maximum atomic E-state index is 12.9. The summed E-state index contributed by atoms with van der Waals surface area (Å²) in [5.41, 5.74) is 4.57. The summed E-state index contributed by atoms with van der Waals surface area (Å²) in [6.07, 6.45) is 3.84. The van der Waals surface area contributed by atoms with Crippen LogP contribution in [0.1, 0.15) is 62.5 Å². The number of hydrogen-bond acceptors (Lipinski definition) is 4. The molecule has 2 aromatic carbocycles. The van der Waals surface area contributed by atoms with Gasteiger partial charge in [0.1, 0.15) is 12.6 Å². The van der Waals surface area contributed by atoms with Gasteiger partial charge in [-0.2, -0.15) is 0 Å². The molecule has 0 saturated heterocycles. The van der Waals surface area contributed by atoms with Crippen LogP contribution in [-0.2, 0) is 14.3 Å². The minimum atomic E-state index is -0.805. The lowest BCUT2D eigenvalue weighted by Gasteiger charge is -2.21. The fraction of sp³-hybridized carbons (Fsp3) is 0.464. The molecule has 7 heteroatoms. The molecule has 2 aliphatic carbocycles. The largest absolute Gasteiger partial charge is 0.481 e. The number of fused-ring (bicyclic) bond motifs is 3. The van der Waals surface area contributed by atoms with E-state index in [-0.39, 0.29) is 24.3 Å². The van der Waals surface area contributed by atoms with Crippen LogP contribution in [0.25, 0.3) is 11.1 Å². The second-order valence-corrected chi connectivity index (χ2v) is 9.55. The summed E-state index contributed by atoms with van der Waals surface area (Å²) in [7, 11) is 0. The minimum Gasteiger partial charge on any atom is -0.481 e. The highest BCUT2D eigenvalue weighted by Gasteiger charge is 2.34. The van der Waals surface area contributed by atoms with Crippen LogP contribution in [0.2, 0.25) is 0 Å². The molecule has 0 bridgehead atoms. The quantitative estimate of drug-likeness (QED) is 0.459. The molecule has 2 amide bonds. The molecule has 0 heterocycles. The van der Waals surface area contributed by atoms with Gasteiger partial charge in [-0.15, -0.1) is 0 Å². The molecule has 35 heavy (non-hydrogen) atoms. The monoisotopic (exact) mass is 478 g/mol. The Kier molecular flexibility index (Phi) is 8.06. The molecular weight excluding hydrogens is 444 g/mol. The predicted octanol–water partition coefficient (Wildman–Crippen LogP) is 4.70. The van der Waals surface area contributed by atoms with E-state index in [4.69, 9.17) is 4.74 Å². The molecule has 2 aliphatic rings. The number of amides is 2. The van der Waals surface area contributed by atoms with Gasteiger partial charge in [-0.1, -0.05) is 74.7 Å². The first kappa shape index (κ1) is 24.8. The number of rotatable bonds is 10. The topological polar surface area (TPSA) is 105 Å². The van der Waals surface area contributed by atoms with Gasteiger partial charge in [0.05, 0.1) is 5.92 Å². The predicted molar refractivity (Wildman–Crippen MR) is 133 cm³/mol. The van der Waals surface area contributed by atoms with Crippen molar-refractivity contribution in [1.82, 2.24) is 10.6 Å². The van der Waals surface area contributed by atoms with E-state index >= 15 is 0 Å². The number of benzene rings is 2. The van der Waals surface area contributed by atoms with Crippen molar-refractivity contribution in [3.05, 3.63) is 59.7 Å². The van der Waals surface area contributed by atoms with Crippen LogP contribution in [0.3, 0.4) is 0 Å². The van der Waals surface area contributed by atoms with E-state index in [1.165, 1.54) is 0 Å². The van der Waals surface area contributed by atoms with E-state index in [1.807, 2.05) is 31.2 Å². The fourth-order valence-corrected chi connectivity index (χ4v) is 5.42. The van der Waals surface area contributed by atoms with E-state index < -0.39 is 24.0 Å². The number of carbonyl (C=O) groups is 3. The SMILES string of the molecule is CCCCC(NC(=O)OCC1c2ccccc2-c2ccccc21)C(=O)NC[C@H]1CCC[C@H]1C(=O)O. The number of hydrogen-bond donors (Lipinski definition) is 3. The van der Waals surface area contributed by atoms with Crippen LogP contribution >= 0.6 is 0 Å². The highest BCUT2D eigenvalue weighted by molar-refractivity contribution is 5.86. The van der Waals surface area contributed by atoms with Crippen LogP contribution in [0, 0.1) is 11.8 Å². The molecule has 0 spiro atoms. The molecule has 3 atom stereocenters. The summed E-state index contributed by atoms with van der Waals surface area (Å²) in [6.45, 7) is 2.52. The van der Waals surface area contributed by atoms with Crippen LogP contribution in [0.5, 0.6) is 0 Å². The number of carbonyl (C=O) groups excluding carboxylic acids is 2. The number of alkyl carbamates (subject to hydrolysis) is 1. The third-order valence-electron chi connectivity index (χ3n) is 7.31. The summed E-state index contributed by atoms with van der Waals surface area (Å²) in [5, 5.41) is 15.0. The van der Waals surface area contributed by atoms with Crippen molar-refractivity contribution in [3.8, 4) is 11.1 Å². The zero-order valence-corrected chi connectivity index (χ0v) is 20.2. The number of carboxylic acid groups (broad SMARTS) is 1. The van der Waals surface area contributed by atoms with Crippen molar-refractivity contribution in [2.75, 3.05) is 13.2 Å². The van der Waals surface area contributed by atoms with Gasteiger partial charge in [-0.3, -0.25) is 9.59 Å². The average Bonchev–Trinajstić information content (AvgIpc) is 3.47. The molecule has 3 N–H and O–H groups in total. The Morgan fingerprint density at radius 3 is 2.31 bits per heavy atom. The lowest BCUT2D eigenvalue weighted by Crippen LogP contribution is -2.48. The van der Waals surface area contributed by atoms with E-state index in [1.54, 1.807) is 0 Å². The molecular formula is C28H34N2O5. The standard InChI is InChI=1S/C28H34N2O5/c1-2-3-15-25(26(31)29-16-18-9-8-14-19(18)27(32)33)30-28(34)35-17-24-22-12-6-4-10-20(22)21-11-5-7-13-23(21)24/h4-7,10-13,18-19,24-25H,2-3,8-9,14-17H2,1H3,(H,29,31)(H,30,34)(H,32,33)/t18-,19-,25?/m1/s1. The molecule has 186 valence electrons. The summed E-state index contributed by atoms with van der Waals surface area (Å²) in [5.74, 6) is -1.63. The smallest absolute Gasteiger partial charge is 0.407 e. The molecule has 4 rings (SSSR count). The number of ether oxygens (including phenoxy) is 1. The molecule has 1 unspecified atom stereocenters. The second-order valence-electron chi connectivity index (χ2n) is 9.55. The molecule has 1 saturated carbocycles. The van der Waals surface area contributed by atoms with Gasteiger partial charge in [0.15, 0.2) is 0 Å².